The first-order chi connectivity index (χ1) is 13.3. The first-order valence-corrected chi connectivity index (χ1v) is 9.85. The van der Waals surface area contributed by atoms with E-state index < -0.39 is 11.6 Å². The molecule has 0 nitrogen and oxygen atoms in total. The van der Waals surface area contributed by atoms with E-state index in [9.17, 15) is 8.78 Å². The Morgan fingerprint density at radius 1 is 0.571 bits per heavy atom. The van der Waals surface area contributed by atoms with Gasteiger partial charge in [0.15, 0.2) is 11.6 Å². The summed E-state index contributed by atoms with van der Waals surface area (Å²) in [6.45, 7) is 9.63. The summed E-state index contributed by atoms with van der Waals surface area (Å²) in [6.07, 6.45) is 2.52. The summed E-state index contributed by atoms with van der Waals surface area (Å²) < 4.78 is 28.1. The van der Waals surface area contributed by atoms with Crippen LogP contribution >= 0.6 is 0 Å². The predicted octanol–water partition coefficient (Wildman–Crippen LogP) is 6.88. The molecule has 0 heterocycles. The van der Waals surface area contributed by atoms with E-state index in [0.717, 1.165) is 18.4 Å². The molecule has 146 valence electrons. The molecule has 0 aliphatic carbocycles. The fraction of sp³-hybridized carbons (Fsp3) is 0.308. The number of hydrogen-bond acceptors (Lipinski definition) is 0. The van der Waals surface area contributed by atoms with E-state index in [1.165, 1.54) is 33.4 Å². The standard InChI is InChI=1S/C26H28F2/c1-16-6-8-21(18(3)12-16)10-11-22-9-7-17(2)13-24(22)15-23-14-19(4)25(27)26(28)20(23)5/h6-9,12-14H,10-11,15H2,1-5H3. The minimum absolute atomic E-state index is 0.364. The summed E-state index contributed by atoms with van der Waals surface area (Å²) in [5.41, 5.74) is 9.23. The highest BCUT2D eigenvalue weighted by molar-refractivity contribution is 5.41. The highest BCUT2D eigenvalue weighted by atomic mass is 19.2. The predicted molar refractivity (Wildman–Crippen MR) is 113 cm³/mol. The van der Waals surface area contributed by atoms with Crippen molar-refractivity contribution in [3.8, 4) is 0 Å². The van der Waals surface area contributed by atoms with E-state index in [4.69, 9.17) is 0 Å². The summed E-state index contributed by atoms with van der Waals surface area (Å²) >= 11 is 0. The van der Waals surface area contributed by atoms with Crippen LogP contribution in [0.15, 0.2) is 42.5 Å². The molecule has 2 heteroatoms. The molecule has 0 aromatic heterocycles. The molecule has 3 aromatic rings. The van der Waals surface area contributed by atoms with Crippen LogP contribution in [0.1, 0.15) is 50.1 Å². The van der Waals surface area contributed by atoms with Crippen molar-refractivity contribution in [3.05, 3.63) is 104 Å². The molecular formula is C26H28F2. The van der Waals surface area contributed by atoms with Gasteiger partial charge in [0.1, 0.15) is 0 Å². The van der Waals surface area contributed by atoms with Crippen molar-refractivity contribution in [1.29, 1.82) is 0 Å². The monoisotopic (exact) mass is 378 g/mol. The molecule has 0 amide bonds. The second-order valence-electron chi connectivity index (χ2n) is 7.98. The van der Waals surface area contributed by atoms with Gasteiger partial charge in [-0.2, -0.15) is 0 Å². The highest BCUT2D eigenvalue weighted by Crippen LogP contribution is 2.25. The maximum absolute atomic E-state index is 14.2. The lowest BCUT2D eigenvalue weighted by Crippen LogP contribution is -2.04. The quantitative estimate of drug-likeness (QED) is 0.454. The van der Waals surface area contributed by atoms with Gasteiger partial charge in [-0.25, -0.2) is 8.78 Å². The van der Waals surface area contributed by atoms with Crippen LogP contribution in [-0.2, 0) is 19.3 Å². The van der Waals surface area contributed by atoms with E-state index in [2.05, 4.69) is 57.2 Å². The number of aryl methyl sites for hydroxylation is 6. The van der Waals surface area contributed by atoms with E-state index in [1.807, 2.05) is 0 Å². The van der Waals surface area contributed by atoms with Crippen molar-refractivity contribution in [2.75, 3.05) is 0 Å². The molecule has 0 N–H and O–H groups in total. The van der Waals surface area contributed by atoms with Gasteiger partial charge in [0, 0.05) is 0 Å². The third kappa shape index (κ3) is 4.32. The summed E-state index contributed by atoms with van der Waals surface area (Å²) in [6, 6.07) is 14.9. The first-order valence-electron chi connectivity index (χ1n) is 9.85. The first kappa shape index (κ1) is 20.3. The van der Waals surface area contributed by atoms with Crippen LogP contribution in [-0.4, -0.2) is 0 Å². The topological polar surface area (TPSA) is 0 Å². The maximum atomic E-state index is 14.2. The molecule has 0 radical (unpaired) electrons. The largest absolute Gasteiger partial charge is 0.203 e. The van der Waals surface area contributed by atoms with Crippen LogP contribution in [0.25, 0.3) is 0 Å². The molecule has 0 saturated carbocycles. The summed E-state index contributed by atoms with van der Waals surface area (Å²) in [7, 11) is 0. The van der Waals surface area contributed by atoms with Gasteiger partial charge >= 0.3 is 0 Å². The third-order valence-corrected chi connectivity index (χ3v) is 5.65. The Bertz CT molecular complexity index is 1020. The second kappa shape index (κ2) is 8.26. The summed E-state index contributed by atoms with van der Waals surface area (Å²) in [5.74, 6) is -1.46. The van der Waals surface area contributed by atoms with Crippen molar-refractivity contribution in [1.82, 2.24) is 0 Å². The summed E-state index contributed by atoms with van der Waals surface area (Å²) in [5, 5.41) is 0. The molecule has 0 bridgehead atoms. The van der Waals surface area contributed by atoms with Crippen molar-refractivity contribution >= 4 is 0 Å². The number of rotatable bonds is 5. The van der Waals surface area contributed by atoms with Crippen LogP contribution in [0.3, 0.4) is 0 Å². The lowest BCUT2D eigenvalue weighted by molar-refractivity contribution is 0.496. The second-order valence-corrected chi connectivity index (χ2v) is 7.98. The summed E-state index contributed by atoms with van der Waals surface area (Å²) in [4.78, 5) is 0. The van der Waals surface area contributed by atoms with Crippen LogP contribution in [0.5, 0.6) is 0 Å². The van der Waals surface area contributed by atoms with Gasteiger partial charge in [0.25, 0.3) is 0 Å². The van der Waals surface area contributed by atoms with Gasteiger partial charge in [-0.1, -0.05) is 53.6 Å². The van der Waals surface area contributed by atoms with Crippen molar-refractivity contribution in [2.45, 2.75) is 53.9 Å². The Hall–Kier alpha value is -2.48. The zero-order valence-corrected chi connectivity index (χ0v) is 17.4. The van der Waals surface area contributed by atoms with E-state index in [1.54, 1.807) is 19.9 Å². The minimum atomic E-state index is -0.736. The average molecular weight is 379 g/mol. The molecule has 3 aromatic carbocycles. The van der Waals surface area contributed by atoms with Crippen LogP contribution in [0.2, 0.25) is 0 Å². The van der Waals surface area contributed by atoms with Gasteiger partial charge in [-0.3, -0.25) is 0 Å². The van der Waals surface area contributed by atoms with Crippen molar-refractivity contribution in [2.24, 2.45) is 0 Å². The molecule has 3 rings (SSSR count). The van der Waals surface area contributed by atoms with Gasteiger partial charge < -0.3 is 0 Å². The van der Waals surface area contributed by atoms with Crippen molar-refractivity contribution in [3.63, 3.8) is 0 Å². The Morgan fingerprint density at radius 2 is 1.18 bits per heavy atom. The van der Waals surface area contributed by atoms with Crippen LogP contribution in [0.4, 0.5) is 8.78 Å². The third-order valence-electron chi connectivity index (χ3n) is 5.65. The fourth-order valence-electron chi connectivity index (χ4n) is 3.86. The Balaban J connectivity index is 1.89. The Labute approximate surface area is 167 Å². The molecule has 0 atom stereocenters. The molecule has 0 unspecified atom stereocenters. The normalized spacial score (nSPS) is 11.1. The molecule has 0 saturated heterocycles. The van der Waals surface area contributed by atoms with Gasteiger partial charge in [0.2, 0.25) is 0 Å². The van der Waals surface area contributed by atoms with E-state index >= 15 is 0 Å². The molecule has 0 spiro atoms. The Morgan fingerprint density at radius 3 is 1.86 bits per heavy atom. The Kier molecular flexibility index (Phi) is 5.98. The van der Waals surface area contributed by atoms with Gasteiger partial charge in [0.05, 0.1) is 0 Å². The molecule has 0 aliphatic heterocycles. The number of benzene rings is 3. The van der Waals surface area contributed by atoms with Crippen LogP contribution < -0.4 is 0 Å². The molecule has 28 heavy (non-hydrogen) atoms. The SMILES string of the molecule is Cc1ccc(CCc2ccc(C)cc2Cc2cc(C)c(F)c(F)c2C)c(C)c1. The molecular weight excluding hydrogens is 350 g/mol. The minimum Gasteiger partial charge on any atom is -0.203 e. The van der Waals surface area contributed by atoms with Gasteiger partial charge in [-0.15, -0.1) is 0 Å². The fourth-order valence-corrected chi connectivity index (χ4v) is 3.86. The zero-order valence-electron chi connectivity index (χ0n) is 17.4. The molecule has 0 aliphatic rings. The van der Waals surface area contributed by atoms with Gasteiger partial charge in [-0.05, 0) is 92.8 Å². The highest BCUT2D eigenvalue weighted by Gasteiger charge is 2.15. The van der Waals surface area contributed by atoms with E-state index in [-0.39, 0.29) is 0 Å². The zero-order chi connectivity index (χ0) is 20.4. The van der Waals surface area contributed by atoms with Crippen LogP contribution in [0, 0.1) is 46.3 Å². The maximum Gasteiger partial charge on any atom is 0.162 e. The number of halogens is 2. The molecule has 0 fully saturated rings. The smallest absolute Gasteiger partial charge is 0.162 e. The lowest BCUT2D eigenvalue weighted by atomic mass is 9.91. The average Bonchev–Trinajstić information content (AvgIpc) is 2.65. The lowest BCUT2D eigenvalue weighted by Gasteiger charge is -2.15. The van der Waals surface area contributed by atoms with E-state index in [0.29, 0.717) is 17.5 Å². The number of hydrogen-bond donors (Lipinski definition) is 0. The van der Waals surface area contributed by atoms with Crippen molar-refractivity contribution < 1.29 is 8.78 Å².